The van der Waals surface area contributed by atoms with Crippen molar-refractivity contribution in [2.75, 3.05) is 5.88 Å². The number of carbonyl (C=O) groups is 1. The first-order valence-electron chi connectivity index (χ1n) is 6.68. The highest BCUT2D eigenvalue weighted by Crippen LogP contribution is 2.26. The van der Waals surface area contributed by atoms with E-state index in [0.717, 1.165) is 23.3 Å². The average molecular weight is 312 g/mol. The molecule has 0 spiro atoms. The average Bonchev–Trinajstić information content (AvgIpc) is 2.96. The maximum Gasteiger partial charge on any atom is 0.220 e. The van der Waals surface area contributed by atoms with Crippen LogP contribution in [0.4, 0.5) is 0 Å². The van der Waals surface area contributed by atoms with Gasteiger partial charge in [-0.1, -0.05) is 17.7 Å². The molecule has 1 aromatic heterocycles. The maximum atomic E-state index is 11.3. The number of fused-ring (bicyclic) bond motifs is 1. The van der Waals surface area contributed by atoms with Crippen LogP contribution in [0.1, 0.15) is 18.7 Å². The van der Waals surface area contributed by atoms with Crippen molar-refractivity contribution >= 4 is 40.1 Å². The van der Waals surface area contributed by atoms with E-state index in [4.69, 9.17) is 23.2 Å². The second kappa shape index (κ2) is 5.62. The topological polar surface area (TPSA) is 46.9 Å². The van der Waals surface area contributed by atoms with Gasteiger partial charge in [0.15, 0.2) is 0 Å². The molecule has 1 aromatic carbocycles. The highest BCUT2D eigenvalue weighted by Gasteiger charge is 2.23. The molecule has 1 N–H and O–H groups in total. The van der Waals surface area contributed by atoms with Crippen LogP contribution in [0.5, 0.6) is 0 Å². The van der Waals surface area contributed by atoms with E-state index in [2.05, 4.69) is 14.9 Å². The minimum absolute atomic E-state index is 0.115. The van der Waals surface area contributed by atoms with Crippen molar-refractivity contribution in [3.63, 3.8) is 0 Å². The van der Waals surface area contributed by atoms with Crippen molar-refractivity contribution in [2.24, 2.45) is 0 Å². The van der Waals surface area contributed by atoms with Gasteiger partial charge in [0.05, 0.1) is 16.1 Å². The lowest BCUT2D eigenvalue weighted by Crippen LogP contribution is -2.30. The third kappa shape index (κ3) is 2.50. The fraction of sp³-hybridized carbons (Fsp3) is 0.429. The van der Waals surface area contributed by atoms with Gasteiger partial charge in [0.25, 0.3) is 0 Å². The number of hydrogen-bond donors (Lipinski definition) is 1. The predicted molar refractivity (Wildman–Crippen MR) is 80.3 cm³/mol. The lowest BCUT2D eigenvalue weighted by molar-refractivity contribution is -0.119. The minimum atomic E-state index is 0.115. The van der Waals surface area contributed by atoms with Gasteiger partial charge in [-0.25, -0.2) is 4.98 Å². The predicted octanol–water partition coefficient (Wildman–Crippen LogP) is 2.75. The number of aryl methyl sites for hydroxylation is 1. The molecule has 2 aromatic rings. The molecule has 106 valence electrons. The van der Waals surface area contributed by atoms with Crippen molar-refractivity contribution in [3.8, 4) is 0 Å². The van der Waals surface area contributed by atoms with Gasteiger partial charge in [0.1, 0.15) is 5.82 Å². The van der Waals surface area contributed by atoms with Crippen molar-refractivity contribution < 1.29 is 4.79 Å². The van der Waals surface area contributed by atoms with Gasteiger partial charge in [-0.15, -0.1) is 11.6 Å². The van der Waals surface area contributed by atoms with Gasteiger partial charge < -0.3 is 9.88 Å². The molecule has 6 heteroatoms. The van der Waals surface area contributed by atoms with Crippen LogP contribution in [0, 0.1) is 0 Å². The number of nitrogens with zero attached hydrogens (tertiary/aromatic N) is 2. The summed E-state index contributed by atoms with van der Waals surface area (Å²) in [5.41, 5.74) is 1.80. The Kier molecular flexibility index (Phi) is 3.85. The molecule has 1 amide bonds. The van der Waals surface area contributed by atoms with Crippen LogP contribution in [-0.4, -0.2) is 27.4 Å². The van der Waals surface area contributed by atoms with Crippen LogP contribution in [0.2, 0.25) is 5.02 Å². The normalized spacial score (nSPS) is 18.7. The number of carbonyl (C=O) groups excluding carboxylic acids is 1. The summed E-state index contributed by atoms with van der Waals surface area (Å²) in [5.74, 6) is 1.55. The molecule has 2 heterocycles. The summed E-state index contributed by atoms with van der Waals surface area (Å²) in [4.78, 5) is 15.9. The van der Waals surface area contributed by atoms with Crippen molar-refractivity contribution in [2.45, 2.75) is 31.8 Å². The van der Waals surface area contributed by atoms with Crippen LogP contribution in [-0.2, 0) is 17.8 Å². The molecule has 1 saturated heterocycles. The third-order valence-electron chi connectivity index (χ3n) is 3.60. The van der Waals surface area contributed by atoms with E-state index in [1.54, 1.807) is 0 Å². The highest BCUT2D eigenvalue weighted by molar-refractivity contribution is 6.35. The Bertz CT molecular complexity index is 653. The molecule has 0 saturated carbocycles. The molecule has 1 atom stereocenters. The van der Waals surface area contributed by atoms with E-state index >= 15 is 0 Å². The number of hydrogen-bond acceptors (Lipinski definition) is 2. The molecule has 0 aliphatic carbocycles. The monoisotopic (exact) mass is 311 g/mol. The molecule has 20 heavy (non-hydrogen) atoms. The number of alkyl halides is 1. The Hall–Kier alpha value is -1.26. The summed E-state index contributed by atoms with van der Waals surface area (Å²) < 4.78 is 2.09. The second-order valence-electron chi connectivity index (χ2n) is 4.99. The first-order valence-corrected chi connectivity index (χ1v) is 7.59. The number of para-hydroxylation sites is 1. The number of aromatic nitrogens is 2. The van der Waals surface area contributed by atoms with Gasteiger partial charge in [-0.3, -0.25) is 4.79 Å². The number of rotatable bonds is 4. The standard InChI is InChI=1S/C14H15Cl2N3O/c15-7-6-12-18-11-3-1-2-10(16)14(11)19(12)8-9-4-5-13(20)17-9/h1-3,9H,4-8H2,(H,17,20). The van der Waals surface area contributed by atoms with Crippen molar-refractivity contribution in [3.05, 3.63) is 29.0 Å². The van der Waals surface area contributed by atoms with Crippen molar-refractivity contribution in [1.29, 1.82) is 0 Å². The first-order chi connectivity index (χ1) is 9.69. The van der Waals surface area contributed by atoms with E-state index in [9.17, 15) is 4.79 Å². The molecule has 1 fully saturated rings. The molecular weight excluding hydrogens is 297 g/mol. The quantitative estimate of drug-likeness (QED) is 0.883. The number of halogens is 2. The summed E-state index contributed by atoms with van der Waals surface area (Å²) in [6.45, 7) is 0.693. The smallest absolute Gasteiger partial charge is 0.220 e. The zero-order valence-electron chi connectivity index (χ0n) is 10.9. The molecule has 0 radical (unpaired) electrons. The van der Waals surface area contributed by atoms with Crippen LogP contribution < -0.4 is 5.32 Å². The first kappa shape index (κ1) is 13.7. The summed E-state index contributed by atoms with van der Waals surface area (Å²) in [6, 6.07) is 5.84. The zero-order chi connectivity index (χ0) is 14.1. The Labute approximate surface area is 127 Å². The summed E-state index contributed by atoms with van der Waals surface area (Å²) in [7, 11) is 0. The van der Waals surface area contributed by atoms with Gasteiger partial charge in [0.2, 0.25) is 5.91 Å². The molecule has 1 aliphatic heterocycles. The fourth-order valence-corrected chi connectivity index (χ4v) is 3.14. The molecule has 4 nitrogen and oxygen atoms in total. The Morgan fingerprint density at radius 3 is 3.00 bits per heavy atom. The summed E-state index contributed by atoms with van der Waals surface area (Å²) in [6.07, 6.45) is 2.13. The van der Waals surface area contributed by atoms with Crippen LogP contribution in [0.3, 0.4) is 0 Å². The van der Waals surface area contributed by atoms with Crippen LogP contribution in [0.25, 0.3) is 11.0 Å². The van der Waals surface area contributed by atoms with Crippen LogP contribution >= 0.6 is 23.2 Å². The van der Waals surface area contributed by atoms with E-state index in [-0.39, 0.29) is 11.9 Å². The Morgan fingerprint density at radius 1 is 1.45 bits per heavy atom. The SMILES string of the molecule is O=C1CCC(Cn2c(CCCl)nc3cccc(Cl)c32)N1. The molecule has 0 bridgehead atoms. The number of amides is 1. The van der Waals surface area contributed by atoms with Crippen molar-refractivity contribution in [1.82, 2.24) is 14.9 Å². The van der Waals surface area contributed by atoms with Gasteiger partial charge in [0, 0.05) is 31.3 Å². The van der Waals surface area contributed by atoms with Gasteiger partial charge in [-0.2, -0.15) is 0 Å². The lowest BCUT2D eigenvalue weighted by Gasteiger charge is -2.14. The Morgan fingerprint density at radius 2 is 2.30 bits per heavy atom. The molecular formula is C14H15Cl2N3O. The Balaban J connectivity index is 2.01. The third-order valence-corrected chi connectivity index (χ3v) is 4.10. The number of imidazole rings is 1. The van der Waals surface area contributed by atoms with E-state index in [1.807, 2.05) is 18.2 Å². The largest absolute Gasteiger partial charge is 0.352 e. The van der Waals surface area contributed by atoms with Gasteiger partial charge in [-0.05, 0) is 18.6 Å². The minimum Gasteiger partial charge on any atom is -0.352 e. The van der Waals surface area contributed by atoms with Crippen LogP contribution in [0.15, 0.2) is 18.2 Å². The highest BCUT2D eigenvalue weighted by atomic mass is 35.5. The summed E-state index contributed by atoms with van der Waals surface area (Å²) >= 11 is 12.2. The summed E-state index contributed by atoms with van der Waals surface area (Å²) in [5, 5.41) is 3.66. The van der Waals surface area contributed by atoms with E-state index in [1.165, 1.54) is 0 Å². The van der Waals surface area contributed by atoms with E-state index < -0.39 is 0 Å². The molecule has 1 unspecified atom stereocenters. The zero-order valence-corrected chi connectivity index (χ0v) is 12.4. The number of nitrogens with one attached hydrogen (secondary N) is 1. The fourth-order valence-electron chi connectivity index (χ4n) is 2.70. The van der Waals surface area contributed by atoms with E-state index in [0.29, 0.717) is 30.3 Å². The second-order valence-corrected chi connectivity index (χ2v) is 5.77. The maximum absolute atomic E-state index is 11.3. The van der Waals surface area contributed by atoms with Gasteiger partial charge >= 0.3 is 0 Å². The molecule has 3 rings (SSSR count). The number of benzene rings is 1. The lowest BCUT2D eigenvalue weighted by atomic mass is 10.2. The molecule has 1 aliphatic rings.